The van der Waals surface area contributed by atoms with Gasteiger partial charge in [-0.3, -0.25) is 0 Å². The molecular formula is C8H18O2. The molecule has 0 spiro atoms. The Bertz CT molecular complexity index is 64.3. The number of hydrogen-bond acceptors (Lipinski definition) is 2. The van der Waals surface area contributed by atoms with Crippen molar-refractivity contribution in [3.63, 3.8) is 0 Å². The lowest BCUT2D eigenvalue weighted by Crippen LogP contribution is -2.16. The van der Waals surface area contributed by atoms with Crippen LogP contribution in [0.5, 0.6) is 0 Å². The average Bonchev–Trinajstić information content (AvgIpc) is 1.98. The third-order valence-corrected chi connectivity index (χ3v) is 1.19. The first-order chi connectivity index (χ1) is 4.85. The first kappa shape index (κ1) is 9.92. The van der Waals surface area contributed by atoms with Gasteiger partial charge in [0.15, 0.2) is 6.29 Å². The minimum Gasteiger partial charge on any atom is -0.353 e. The van der Waals surface area contributed by atoms with Crippen molar-refractivity contribution >= 4 is 0 Å². The van der Waals surface area contributed by atoms with E-state index >= 15 is 0 Å². The highest BCUT2D eigenvalue weighted by atomic mass is 16.7. The molecule has 0 aromatic rings. The highest BCUT2D eigenvalue weighted by Gasteiger charge is 2.02. The van der Waals surface area contributed by atoms with Crippen LogP contribution in [0.25, 0.3) is 0 Å². The van der Waals surface area contributed by atoms with Crippen LogP contribution in [-0.4, -0.2) is 19.5 Å². The second-order valence-electron chi connectivity index (χ2n) is 2.16. The summed E-state index contributed by atoms with van der Waals surface area (Å²) < 4.78 is 10.6. The minimum atomic E-state index is 0.0185. The monoisotopic (exact) mass is 146 g/mol. The molecule has 0 aromatic heterocycles. The van der Waals surface area contributed by atoms with E-state index in [-0.39, 0.29) is 6.29 Å². The maximum absolute atomic E-state index is 5.36. The molecule has 0 aliphatic rings. The van der Waals surface area contributed by atoms with Crippen LogP contribution >= 0.6 is 0 Å². The smallest absolute Gasteiger partial charge is 0.157 e. The van der Waals surface area contributed by atoms with Crippen molar-refractivity contribution in [2.45, 2.75) is 39.9 Å². The Kier molecular flexibility index (Phi) is 6.98. The van der Waals surface area contributed by atoms with E-state index in [0.717, 1.165) is 26.1 Å². The van der Waals surface area contributed by atoms with E-state index in [1.165, 1.54) is 0 Å². The van der Waals surface area contributed by atoms with E-state index in [1.807, 2.05) is 6.92 Å². The molecule has 0 heterocycles. The van der Waals surface area contributed by atoms with Crippen LogP contribution < -0.4 is 0 Å². The van der Waals surface area contributed by atoms with Crippen molar-refractivity contribution in [3.05, 3.63) is 0 Å². The Morgan fingerprint density at radius 3 is 2.20 bits per heavy atom. The summed E-state index contributed by atoms with van der Waals surface area (Å²) in [6, 6.07) is 0. The topological polar surface area (TPSA) is 18.5 Å². The Hall–Kier alpha value is -0.0800. The molecule has 62 valence electrons. The molecule has 0 radical (unpaired) electrons. The maximum atomic E-state index is 5.36. The molecule has 0 saturated heterocycles. The second kappa shape index (κ2) is 7.03. The SMILES string of the molecule is CCCOC(CC)OCC. The predicted molar refractivity (Wildman–Crippen MR) is 41.9 cm³/mol. The van der Waals surface area contributed by atoms with E-state index in [2.05, 4.69) is 13.8 Å². The minimum absolute atomic E-state index is 0.0185. The van der Waals surface area contributed by atoms with Crippen LogP contribution in [0.3, 0.4) is 0 Å². The lowest BCUT2D eigenvalue weighted by molar-refractivity contribution is -0.140. The average molecular weight is 146 g/mol. The van der Waals surface area contributed by atoms with Gasteiger partial charge in [-0.2, -0.15) is 0 Å². The third kappa shape index (κ3) is 4.77. The number of rotatable bonds is 6. The van der Waals surface area contributed by atoms with E-state index < -0.39 is 0 Å². The van der Waals surface area contributed by atoms with Gasteiger partial charge in [0.1, 0.15) is 0 Å². The number of ether oxygens (including phenoxy) is 2. The van der Waals surface area contributed by atoms with E-state index in [1.54, 1.807) is 0 Å². The summed E-state index contributed by atoms with van der Waals surface area (Å²) >= 11 is 0. The van der Waals surface area contributed by atoms with E-state index in [0.29, 0.717) is 0 Å². The largest absolute Gasteiger partial charge is 0.353 e. The zero-order valence-corrected chi connectivity index (χ0v) is 7.22. The van der Waals surface area contributed by atoms with Crippen LogP contribution in [0.4, 0.5) is 0 Å². The van der Waals surface area contributed by atoms with Crippen molar-refractivity contribution in [1.29, 1.82) is 0 Å². The molecule has 2 nitrogen and oxygen atoms in total. The molecule has 1 unspecified atom stereocenters. The second-order valence-corrected chi connectivity index (χ2v) is 2.16. The van der Waals surface area contributed by atoms with Gasteiger partial charge in [-0.15, -0.1) is 0 Å². The highest BCUT2D eigenvalue weighted by Crippen LogP contribution is 1.99. The Balaban J connectivity index is 3.21. The molecule has 0 saturated carbocycles. The molecule has 1 atom stereocenters. The predicted octanol–water partition coefficient (Wildman–Crippen LogP) is 2.19. The molecular weight excluding hydrogens is 128 g/mol. The molecule has 0 amide bonds. The molecule has 10 heavy (non-hydrogen) atoms. The van der Waals surface area contributed by atoms with Gasteiger partial charge in [-0.25, -0.2) is 0 Å². The van der Waals surface area contributed by atoms with Crippen LogP contribution in [0.15, 0.2) is 0 Å². The normalized spacial score (nSPS) is 13.5. The summed E-state index contributed by atoms with van der Waals surface area (Å²) in [6.45, 7) is 7.69. The van der Waals surface area contributed by atoms with Crippen molar-refractivity contribution in [2.24, 2.45) is 0 Å². The summed E-state index contributed by atoms with van der Waals surface area (Å²) in [5, 5.41) is 0. The molecule has 0 bridgehead atoms. The van der Waals surface area contributed by atoms with Gasteiger partial charge < -0.3 is 9.47 Å². The number of hydrogen-bond donors (Lipinski definition) is 0. The summed E-state index contributed by atoms with van der Waals surface area (Å²) in [4.78, 5) is 0. The summed E-state index contributed by atoms with van der Waals surface area (Å²) in [5.74, 6) is 0. The summed E-state index contributed by atoms with van der Waals surface area (Å²) in [7, 11) is 0. The van der Waals surface area contributed by atoms with Crippen LogP contribution in [-0.2, 0) is 9.47 Å². The zero-order valence-electron chi connectivity index (χ0n) is 7.22. The fourth-order valence-corrected chi connectivity index (χ4v) is 0.719. The lowest BCUT2D eigenvalue weighted by Gasteiger charge is -2.14. The van der Waals surface area contributed by atoms with Gasteiger partial charge >= 0.3 is 0 Å². The molecule has 0 fully saturated rings. The van der Waals surface area contributed by atoms with Crippen LogP contribution in [0, 0.1) is 0 Å². The van der Waals surface area contributed by atoms with Gasteiger partial charge in [0.25, 0.3) is 0 Å². The van der Waals surface area contributed by atoms with Gasteiger partial charge in [-0.1, -0.05) is 13.8 Å². The van der Waals surface area contributed by atoms with E-state index in [9.17, 15) is 0 Å². The molecule has 2 heteroatoms. The van der Waals surface area contributed by atoms with Crippen molar-refractivity contribution in [1.82, 2.24) is 0 Å². The van der Waals surface area contributed by atoms with Gasteiger partial charge in [0.05, 0.1) is 0 Å². The fourth-order valence-electron chi connectivity index (χ4n) is 0.719. The molecule has 0 aliphatic heterocycles. The lowest BCUT2D eigenvalue weighted by atomic mass is 10.4. The summed E-state index contributed by atoms with van der Waals surface area (Å²) in [6.07, 6.45) is 2.02. The Labute approximate surface area is 63.5 Å². The van der Waals surface area contributed by atoms with Gasteiger partial charge in [-0.05, 0) is 19.8 Å². The van der Waals surface area contributed by atoms with Crippen LogP contribution in [0.2, 0.25) is 0 Å². The maximum Gasteiger partial charge on any atom is 0.157 e. The third-order valence-electron chi connectivity index (χ3n) is 1.19. The molecule has 0 rings (SSSR count). The Morgan fingerprint density at radius 1 is 1.10 bits per heavy atom. The van der Waals surface area contributed by atoms with E-state index in [4.69, 9.17) is 9.47 Å². The van der Waals surface area contributed by atoms with Crippen molar-refractivity contribution < 1.29 is 9.47 Å². The van der Waals surface area contributed by atoms with Crippen molar-refractivity contribution in [3.8, 4) is 0 Å². The highest BCUT2D eigenvalue weighted by molar-refractivity contribution is 4.38. The Morgan fingerprint density at radius 2 is 1.80 bits per heavy atom. The van der Waals surface area contributed by atoms with Crippen molar-refractivity contribution in [2.75, 3.05) is 13.2 Å². The molecule has 0 N–H and O–H groups in total. The molecule has 0 aliphatic carbocycles. The van der Waals surface area contributed by atoms with Crippen LogP contribution in [0.1, 0.15) is 33.6 Å². The first-order valence-electron chi connectivity index (χ1n) is 4.08. The zero-order chi connectivity index (χ0) is 7.82. The fraction of sp³-hybridized carbons (Fsp3) is 1.00. The van der Waals surface area contributed by atoms with Gasteiger partial charge in [0.2, 0.25) is 0 Å². The molecule has 0 aromatic carbocycles. The standard InChI is InChI=1S/C8H18O2/c1-4-7-10-8(5-2)9-6-3/h8H,4-7H2,1-3H3. The first-order valence-corrected chi connectivity index (χ1v) is 4.08. The quantitative estimate of drug-likeness (QED) is 0.535. The summed E-state index contributed by atoms with van der Waals surface area (Å²) in [5.41, 5.74) is 0. The van der Waals surface area contributed by atoms with Gasteiger partial charge in [0, 0.05) is 13.2 Å².